The van der Waals surface area contributed by atoms with Gasteiger partial charge >= 0.3 is 5.97 Å². The Morgan fingerprint density at radius 3 is 1.74 bits per heavy atom. The van der Waals surface area contributed by atoms with Crippen molar-refractivity contribution in [2.24, 2.45) is 39.8 Å². The number of aliphatic hydroxyl groups excluding tert-OH is 1. The molecule has 8 amide bonds. The van der Waals surface area contributed by atoms with Crippen molar-refractivity contribution in [1.29, 1.82) is 0 Å². The summed E-state index contributed by atoms with van der Waals surface area (Å²) >= 11 is 5.66. The molecule has 0 saturated carbocycles. The van der Waals surface area contributed by atoms with Crippen molar-refractivity contribution < 1.29 is 53.4 Å². The highest BCUT2D eigenvalue weighted by atomic mass is 32.2. The van der Waals surface area contributed by atoms with Gasteiger partial charge in [-0.2, -0.15) is 24.4 Å². The number of unbranched alkanes of at least 4 members (excludes halogenated alkanes) is 1. The number of nitrogens with zero attached hydrogens (tertiary/aromatic N) is 3. The maximum Gasteiger partial charge on any atom is 0.326 e. The van der Waals surface area contributed by atoms with Crippen LogP contribution in [0.4, 0.5) is 0 Å². The van der Waals surface area contributed by atoms with E-state index in [4.69, 9.17) is 22.9 Å². The number of carboxylic acids is 1. The average molecular weight is 1030 g/mol. The number of rotatable bonds is 31. The van der Waals surface area contributed by atoms with E-state index in [1.54, 1.807) is 13.8 Å². The molecule has 2 fully saturated rings. The number of carbonyl (C=O) groups excluding carboxylic acids is 8. The van der Waals surface area contributed by atoms with Crippen LogP contribution in [0.2, 0.25) is 0 Å². The van der Waals surface area contributed by atoms with E-state index >= 15 is 0 Å². The molecule has 24 nitrogen and oxygen atoms in total. The highest BCUT2D eigenvalue weighted by molar-refractivity contribution is 7.98. The number of aliphatic imine (C=N–C) groups is 1. The summed E-state index contributed by atoms with van der Waals surface area (Å²) < 4.78 is 0. The van der Waals surface area contributed by atoms with Crippen molar-refractivity contribution in [2.75, 3.05) is 50.5 Å². The highest BCUT2D eigenvalue weighted by Crippen LogP contribution is 2.22. The molecular formula is C44H79N13O11S2. The first kappa shape index (κ1) is 61.2. The molecule has 2 heterocycles. The number of nitrogens with two attached hydrogens (primary N) is 4. The Morgan fingerprint density at radius 2 is 1.23 bits per heavy atom. The number of thiol groups is 1. The molecule has 2 aliphatic rings. The number of amides is 8. The van der Waals surface area contributed by atoms with Gasteiger partial charge in [0, 0.05) is 25.4 Å². The summed E-state index contributed by atoms with van der Waals surface area (Å²) in [5.74, 6) is -7.31. The van der Waals surface area contributed by atoms with Gasteiger partial charge in [0.25, 0.3) is 0 Å². The van der Waals surface area contributed by atoms with Crippen molar-refractivity contribution in [3.05, 3.63) is 0 Å². The van der Waals surface area contributed by atoms with Crippen LogP contribution in [-0.4, -0.2) is 184 Å². The van der Waals surface area contributed by atoms with E-state index in [0.717, 1.165) is 0 Å². The zero-order valence-electron chi connectivity index (χ0n) is 41.2. The molecule has 26 heteroatoms. The molecule has 2 saturated heterocycles. The Kier molecular flexibility index (Phi) is 27.5. The van der Waals surface area contributed by atoms with E-state index in [2.05, 4.69) is 49.5 Å². The molecule has 2 rings (SSSR count). The zero-order chi connectivity index (χ0) is 52.7. The summed E-state index contributed by atoms with van der Waals surface area (Å²) in [6.45, 7) is 7.24. The summed E-state index contributed by atoms with van der Waals surface area (Å²) in [6.07, 6.45) is 5.62. The highest BCUT2D eigenvalue weighted by Gasteiger charge is 2.42. The molecule has 16 N–H and O–H groups in total. The molecule has 0 unspecified atom stereocenters. The third-order valence-corrected chi connectivity index (χ3v) is 13.0. The van der Waals surface area contributed by atoms with Crippen LogP contribution in [0.25, 0.3) is 0 Å². The number of guanidine groups is 1. The maximum absolute atomic E-state index is 14.2. The molecule has 9 atom stereocenters. The van der Waals surface area contributed by atoms with Crippen molar-refractivity contribution in [3.63, 3.8) is 0 Å². The first-order valence-electron chi connectivity index (χ1n) is 24.0. The molecular weight excluding hydrogens is 951 g/mol. The Morgan fingerprint density at radius 1 is 0.700 bits per heavy atom. The van der Waals surface area contributed by atoms with Crippen LogP contribution in [0.1, 0.15) is 98.3 Å². The van der Waals surface area contributed by atoms with Crippen LogP contribution >= 0.6 is 24.4 Å². The van der Waals surface area contributed by atoms with Crippen molar-refractivity contribution in [3.8, 4) is 0 Å². The van der Waals surface area contributed by atoms with Gasteiger partial charge in [0.1, 0.15) is 48.3 Å². The number of thioether (sulfide) groups is 1. The summed E-state index contributed by atoms with van der Waals surface area (Å²) in [5.41, 5.74) is 22.3. The minimum atomic E-state index is -1.51. The molecule has 0 aliphatic carbocycles. The topological polar surface area (TPSA) is 389 Å². The monoisotopic (exact) mass is 1030 g/mol. The first-order chi connectivity index (χ1) is 33.1. The molecule has 0 aromatic carbocycles. The number of likely N-dealkylation sites (tertiary alicyclic amines) is 2. The quantitative estimate of drug-likeness (QED) is 0.0141. The molecule has 70 heavy (non-hydrogen) atoms. The average Bonchev–Trinajstić information content (AvgIpc) is 4.01. The maximum atomic E-state index is 14.2. The molecule has 0 aromatic rings. The van der Waals surface area contributed by atoms with Crippen LogP contribution in [0.5, 0.6) is 0 Å². The predicted octanol–water partition coefficient (Wildman–Crippen LogP) is -3.15. The lowest BCUT2D eigenvalue weighted by Gasteiger charge is -2.32. The minimum Gasteiger partial charge on any atom is -0.480 e. The summed E-state index contributed by atoms with van der Waals surface area (Å²) in [7, 11) is 0. The molecule has 2 aliphatic heterocycles. The summed E-state index contributed by atoms with van der Waals surface area (Å²) in [4.78, 5) is 128. The second kappa shape index (κ2) is 31.4. The number of carboxylic acid groups (broad SMARTS) is 1. The molecule has 398 valence electrons. The minimum absolute atomic E-state index is 0.0163. The van der Waals surface area contributed by atoms with Crippen LogP contribution in [-0.2, 0) is 43.2 Å². The third-order valence-electron chi connectivity index (χ3n) is 12.0. The van der Waals surface area contributed by atoms with Crippen molar-refractivity contribution in [2.45, 2.75) is 153 Å². The van der Waals surface area contributed by atoms with Crippen LogP contribution in [0.15, 0.2) is 4.99 Å². The zero-order valence-corrected chi connectivity index (χ0v) is 42.9. The smallest absolute Gasteiger partial charge is 0.326 e. The number of aliphatic carboxylic acids is 1. The Bertz CT molecular complexity index is 1810. The lowest BCUT2D eigenvalue weighted by atomic mass is 10.0. The van der Waals surface area contributed by atoms with Crippen LogP contribution in [0.3, 0.4) is 0 Å². The van der Waals surface area contributed by atoms with Gasteiger partial charge in [0.05, 0.1) is 12.6 Å². The predicted molar refractivity (Wildman–Crippen MR) is 268 cm³/mol. The van der Waals surface area contributed by atoms with Gasteiger partial charge in [-0.25, -0.2) is 4.79 Å². The van der Waals surface area contributed by atoms with Gasteiger partial charge in [0.15, 0.2) is 5.96 Å². The number of hydrogen-bond acceptors (Lipinski definition) is 15. The lowest BCUT2D eigenvalue weighted by Crippen LogP contribution is -2.61. The second-order valence-electron chi connectivity index (χ2n) is 18.4. The Labute approximate surface area is 420 Å². The molecule has 0 bridgehead atoms. The van der Waals surface area contributed by atoms with Crippen molar-refractivity contribution >= 4 is 83.6 Å². The molecule has 0 radical (unpaired) electrons. The fourth-order valence-corrected chi connectivity index (χ4v) is 8.84. The van der Waals surface area contributed by atoms with E-state index in [9.17, 15) is 53.4 Å². The fraction of sp³-hybridized carbons (Fsp3) is 0.773. The van der Waals surface area contributed by atoms with E-state index in [0.29, 0.717) is 57.4 Å². The number of nitrogens with one attached hydrogen (secondary N) is 6. The summed E-state index contributed by atoms with van der Waals surface area (Å²) in [5, 5.41) is 35.5. The van der Waals surface area contributed by atoms with Gasteiger partial charge in [-0.1, -0.05) is 34.1 Å². The lowest BCUT2D eigenvalue weighted by molar-refractivity contribution is -0.143. The van der Waals surface area contributed by atoms with Gasteiger partial charge in [-0.15, -0.1) is 0 Å². The van der Waals surface area contributed by atoms with E-state index < -0.39 is 120 Å². The number of carbonyl (C=O) groups is 9. The van der Waals surface area contributed by atoms with Gasteiger partial charge in [-0.3, -0.25) is 43.3 Å². The largest absolute Gasteiger partial charge is 0.480 e. The normalized spacial score (nSPS) is 18.7. The van der Waals surface area contributed by atoms with Crippen LogP contribution < -0.4 is 54.8 Å². The van der Waals surface area contributed by atoms with Gasteiger partial charge in [-0.05, 0) is 94.6 Å². The SMILES string of the molecule is CSCC[C@H](NC(=O)[C@H](CC(C)C)NC(=O)[C@@H]1CCCN1C(=O)[C@@H](NC(=O)[C@H](CS)NC(=O)[C@H](CO)NC(=O)[C@@H]1CCCN1C(=O)[C@@H](N)CCCCN)C(C)C)C(=O)N[C@@H](CCCN=C(N)N)C(=O)O. The van der Waals surface area contributed by atoms with E-state index in [1.165, 1.54) is 21.6 Å². The molecule has 0 spiro atoms. The Balaban J connectivity index is 2.17. The van der Waals surface area contributed by atoms with Gasteiger partial charge in [0.2, 0.25) is 47.3 Å². The van der Waals surface area contributed by atoms with Gasteiger partial charge < -0.3 is 74.8 Å². The Hall–Kier alpha value is -4.92. The fourth-order valence-electron chi connectivity index (χ4n) is 8.11. The van der Waals surface area contributed by atoms with E-state index in [-0.39, 0.29) is 62.8 Å². The number of aliphatic hydroxyl groups is 1. The molecule has 0 aromatic heterocycles. The van der Waals surface area contributed by atoms with E-state index in [1.807, 2.05) is 20.1 Å². The van der Waals surface area contributed by atoms with Crippen LogP contribution in [0, 0.1) is 11.8 Å². The second-order valence-corrected chi connectivity index (χ2v) is 19.7. The standard InChI is InChI=1S/C44H79N13O11S2/c1-24(2)21-29(36(60)50-27(15-20-70-5)35(59)51-28(43(67)68)12-8-17-49-44(47)48)52-39(63)33-14-10-19-57(33)42(66)34(25(3)4)55-38(62)31(23-69)54-37(61)30(22-58)53-40(64)32-13-9-18-56(32)41(65)26(46)11-6-7-16-45/h24-34,58,69H,6-23,45-46H2,1-5H3,(H,50,60)(H,51,59)(H,52,63)(H,53,64)(H,54,61)(H,55,62)(H,67,68)(H4,47,48,49)/t26-,27-,28-,29-,30-,31-,32-,33-,34-/m0/s1. The third kappa shape index (κ3) is 19.7. The summed E-state index contributed by atoms with van der Waals surface area (Å²) in [6, 6.07) is -10.4. The number of hydrogen-bond donors (Lipinski definition) is 13. The first-order valence-corrected chi connectivity index (χ1v) is 26.0. The van der Waals surface area contributed by atoms with Crippen molar-refractivity contribution in [1.82, 2.24) is 41.7 Å².